The Morgan fingerprint density at radius 1 is 0.852 bits per heavy atom. The molecular formula is C21H16N4O2. The molecule has 2 amide bonds. The van der Waals surface area contributed by atoms with E-state index in [2.05, 4.69) is 15.6 Å². The average Bonchev–Trinajstić information content (AvgIpc) is 2.68. The molecule has 0 atom stereocenters. The van der Waals surface area contributed by atoms with Crippen molar-refractivity contribution in [3.05, 3.63) is 89.2 Å². The largest absolute Gasteiger partial charge is 0.321 e. The standard InChI is InChI=1S/C21H16N4O2/c1-14-4-2-5-17(12-14)24-21(27)19-7-3-6-18(25-19)20(26)23-16-10-8-15(13-22)9-11-16/h2-12H,1H3,(H,23,26)(H,24,27). The molecule has 0 unspecified atom stereocenters. The molecule has 3 rings (SSSR count). The van der Waals surface area contributed by atoms with Crippen molar-refractivity contribution in [2.75, 3.05) is 10.6 Å². The van der Waals surface area contributed by atoms with Crippen molar-refractivity contribution in [3.63, 3.8) is 0 Å². The molecule has 2 aromatic carbocycles. The van der Waals surface area contributed by atoms with Crippen LogP contribution in [0.4, 0.5) is 11.4 Å². The quantitative estimate of drug-likeness (QED) is 0.744. The second-order valence-electron chi connectivity index (χ2n) is 5.87. The van der Waals surface area contributed by atoms with Gasteiger partial charge in [0, 0.05) is 11.4 Å². The number of anilines is 2. The van der Waals surface area contributed by atoms with Crippen LogP contribution in [0.3, 0.4) is 0 Å². The number of aromatic nitrogens is 1. The Morgan fingerprint density at radius 3 is 2.04 bits per heavy atom. The molecule has 0 radical (unpaired) electrons. The van der Waals surface area contributed by atoms with Crippen LogP contribution in [0.5, 0.6) is 0 Å². The third-order valence-electron chi connectivity index (χ3n) is 3.76. The van der Waals surface area contributed by atoms with Crippen LogP contribution in [0.15, 0.2) is 66.7 Å². The van der Waals surface area contributed by atoms with Gasteiger partial charge in [-0.15, -0.1) is 0 Å². The first-order chi connectivity index (χ1) is 13.0. The molecule has 0 aliphatic rings. The molecule has 6 nitrogen and oxygen atoms in total. The molecule has 0 aliphatic heterocycles. The topological polar surface area (TPSA) is 94.9 Å². The Kier molecular flexibility index (Phi) is 5.24. The molecule has 1 aromatic heterocycles. The zero-order valence-corrected chi connectivity index (χ0v) is 14.6. The molecule has 0 saturated carbocycles. The third-order valence-corrected chi connectivity index (χ3v) is 3.76. The highest BCUT2D eigenvalue weighted by Crippen LogP contribution is 2.13. The maximum absolute atomic E-state index is 12.4. The van der Waals surface area contributed by atoms with Crippen molar-refractivity contribution < 1.29 is 9.59 Å². The van der Waals surface area contributed by atoms with Gasteiger partial charge in [-0.25, -0.2) is 4.98 Å². The number of nitrogens with zero attached hydrogens (tertiary/aromatic N) is 2. The number of carbonyl (C=O) groups is 2. The van der Waals surface area contributed by atoms with Crippen LogP contribution in [-0.4, -0.2) is 16.8 Å². The van der Waals surface area contributed by atoms with E-state index in [1.165, 1.54) is 6.07 Å². The zero-order valence-electron chi connectivity index (χ0n) is 14.6. The van der Waals surface area contributed by atoms with Gasteiger partial charge in [-0.2, -0.15) is 5.26 Å². The summed E-state index contributed by atoms with van der Waals surface area (Å²) in [5, 5.41) is 14.3. The molecule has 2 N–H and O–H groups in total. The first kappa shape index (κ1) is 17.8. The summed E-state index contributed by atoms with van der Waals surface area (Å²) in [5.41, 5.74) is 2.99. The maximum Gasteiger partial charge on any atom is 0.274 e. The fourth-order valence-electron chi connectivity index (χ4n) is 2.43. The van der Waals surface area contributed by atoms with Crippen LogP contribution in [0, 0.1) is 18.3 Å². The highest BCUT2D eigenvalue weighted by Gasteiger charge is 2.13. The lowest BCUT2D eigenvalue weighted by Crippen LogP contribution is -2.18. The number of pyridine rings is 1. The first-order valence-corrected chi connectivity index (χ1v) is 8.22. The summed E-state index contributed by atoms with van der Waals surface area (Å²) in [6, 6.07) is 20.6. The molecule has 0 aliphatic carbocycles. The molecular weight excluding hydrogens is 340 g/mol. The lowest BCUT2D eigenvalue weighted by Gasteiger charge is -2.08. The van der Waals surface area contributed by atoms with Gasteiger partial charge in [0.1, 0.15) is 11.4 Å². The summed E-state index contributed by atoms with van der Waals surface area (Å²) < 4.78 is 0. The molecule has 0 fully saturated rings. The van der Waals surface area contributed by atoms with Gasteiger partial charge in [0.25, 0.3) is 11.8 Å². The number of rotatable bonds is 4. The van der Waals surface area contributed by atoms with E-state index in [4.69, 9.17) is 5.26 Å². The average molecular weight is 356 g/mol. The van der Waals surface area contributed by atoms with Crippen molar-refractivity contribution in [2.24, 2.45) is 0 Å². The number of hydrogen-bond donors (Lipinski definition) is 2. The van der Waals surface area contributed by atoms with Gasteiger partial charge in [0.05, 0.1) is 11.6 Å². The molecule has 0 saturated heterocycles. The van der Waals surface area contributed by atoms with E-state index in [9.17, 15) is 9.59 Å². The van der Waals surface area contributed by atoms with E-state index in [1.807, 2.05) is 31.2 Å². The predicted molar refractivity (Wildman–Crippen MR) is 102 cm³/mol. The Bertz CT molecular complexity index is 1040. The van der Waals surface area contributed by atoms with Crippen LogP contribution < -0.4 is 10.6 Å². The second kappa shape index (κ2) is 7.93. The van der Waals surface area contributed by atoms with Crippen molar-refractivity contribution >= 4 is 23.2 Å². The SMILES string of the molecule is Cc1cccc(NC(=O)c2cccc(C(=O)Nc3ccc(C#N)cc3)n2)c1. The van der Waals surface area contributed by atoms with E-state index < -0.39 is 11.8 Å². The molecule has 0 bridgehead atoms. The van der Waals surface area contributed by atoms with Crippen LogP contribution in [0.1, 0.15) is 32.1 Å². The van der Waals surface area contributed by atoms with Gasteiger partial charge < -0.3 is 10.6 Å². The molecule has 3 aromatic rings. The monoisotopic (exact) mass is 356 g/mol. The summed E-state index contributed by atoms with van der Waals surface area (Å²) in [4.78, 5) is 28.9. The summed E-state index contributed by atoms with van der Waals surface area (Å²) in [7, 11) is 0. The van der Waals surface area contributed by atoms with Crippen LogP contribution in [-0.2, 0) is 0 Å². The highest BCUT2D eigenvalue weighted by atomic mass is 16.2. The normalized spacial score (nSPS) is 9.93. The van der Waals surface area contributed by atoms with Crippen molar-refractivity contribution in [1.29, 1.82) is 5.26 Å². The number of nitriles is 1. The molecule has 132 valence electrons. The van der Waals surface area contributed by atoms with Gasteiger partial charge in [0.15, 0.2) is 0 Å². The van der Waals surface area contributed by atoms with Crippen LogP contribution in [0.2, 0.25) is 0 Å². The van der Waals surface area contributed by atoms with Gasteiger partial charge in [-0.3, -0.25) is 9.59 Å². The summed E-state index contributed by atoms with van der Waals surface area (Å²) in [6.07, 6.45) is 0. The van der Waals surface area contributed by atoms with E-state index in [1.54, 1.807) is 42.5 Å². The minimum absolute atomic E-state index is 0.122. The fourth-order valence-corrected chi connectivity index (χ4v) is 2.43. The van der Waals surface area contributed by atoms with Crippen LogP contribution >= 0.6 is 0 Å². The lowest BCUT2D eigenvalue weighted by atomic mass is 10.2. The van der Waals surface area contributed by atoms with Crippen molar-refractivity contribution in [2.45, 2.75) is 6.92 Å². The smallest absolute Gasteiger partial charge is 0.274 e. The predicted octanol–water partition coefficient (Wildman–Crippen LogP) is 3.77. The summed E-state index contributed by atoms with van der Waals surface area (Å²) in [5.74, 6) is -0.835. The van der Waals surface area contributed by atoms with Gasteiger partial charge in [0.2, 0.25) is 0 Å². The first-order valence-electron chi connectivity index (χ1n) is 8.22. The Morgan fingerprint density at radius 2 is 1.44 bits per heavy atom. The molecule has 6 heteroatoms. The Balaban J connectivity index is 1.73. The highest BCUT2D eigenvalue weighted by molar-refractivity contribution is 6.06. The number of amides is 2. The van der Waals surface area contributed by atoms with E-state index in [0.717, 1.165) is 5.56 Å². The number of benzene rings is 2. The Hall–Kier alpha value is -3.98. The number of carbonyl (C=O) groups excluding carboxylic acids is 2. The second-order valence-corrected chi connectivity index (χ2v) is 5.87. The fraction of sp³-hybridized carbons (Fsp3) is 0.0476. The number of hydrogen-bond acceptors (Lipinski definition) is 4. The molecule has 27 heavy (non-hydrogen) atoms. The van der Waals surface area contributed by atoms with Gasteiger partial charge >= 0.3 is 0 Å². The third kappa shape index (κ3) is 4.55. The van der Waals surface area contributed by atoms with Crippen molar-refractivity contribution in [1.82, 2.24) is 4.98 Å². The van der Waals surface area contributed by atoms with E-state index in [-0.39, 0.29) is 11.4 Å². The van der Waals surface area contributed by atoms with Crippen molar-refractivity contribution in [3.8, 4) is 6.07 Å². The number of aryl methyl sites for hydroxylation is 1. The van der Waals surface area contributed by atoms with E-state index >= 15 is 0 Å². The van der Waals surface area contributed by atoms with E-state index in [0.29, 0.717) is 16.9 Å². The lowest BCUT2D eigenvalue weighted by molar-refractivity contribution is 0.101. The molecule has 1 heterocycles. The summed E-state index contributed by atoms with van der Waals surface area (Å²) >= 11 is 0. The molecule has 0 spiro atoms. The minimum Gasteiger partial charge on any atom is -0.321 e. The van der Waals surface area contributed by atoms with Crippen LogP contribution in [0.25, 0.3) is 0 Å². The maximum atomic E-state index is 12.4. The minimum atomic E-state index is -0.440. The summed E-state index contributed by atoms with van der Waals surface area (Å²) in [6.45, 7) is 1.93. The number of nitrogens with one attached hydrogen (secondary N) is 2. The zero-order chi connectivity index (χ0) is 19.2. The Labute approximate surface area is 156 Å². The van der Waals surface area contributed by atoms with Gasteiger partial charge in [-0.1, -0.05) is 18.2 Å². The van der Waals surface area contributed by atoms with Gasteiger partial charge in [-0.05, 0) is 61.0 Å².